The van der Waals surface area contributed by atoms with Gasteiger partial charge in [0.2, 0.25) is 0 Å². The molecule has 2 aromatic rings. The molecule has 1 fully saturated rings. The van der Waals surface area contributed by atoms with E-state index in [4.69, 9.17) is 20.8 Å². The standard InChI is InChI=1S/C20H21NO3/c1-21-18-9-5-16(6-10-18)17-7-11-19(12-8-17)22-13-3-2-4-20-23-14-15-24-20/h5-12,20H,2-4,13-15H2. The predicted molar refractivity (Wildman–Crippen MR) is 93.2 cm³/mol. The average Bonchev–Trinajstić information content (AvgIpc) is 3.16. The Bertz CT molecular complexity index is 668. The van der Waals surface area contributed by atoms with E-state index in [2.05, 4.69) is 4.85 Å². The lowest BCUT2D eigenvalue weighted by molar-refractivity contribution is -0.0482. The highest BCUT2D eigenvalue weighted by Crippen LogP contribution is 2.25. The summed E-state index contributed by atoms with van der Waals surface area (Å²) in [5.74, 6) is 0.880. The minimum atomic E-state index is -0.0153. The van der Waals surface area contributed by atoms with Crippen LogP contribution in [-0.4, -0.2) is 26.1 Å². The highest BCUT2D eigenvalue weighted by atomic mass is 16.7. The van der Waals surface area contributed by atoms with Crippen LogP contribution in [-0.2, 0) is 9.47 Å². The predicted octanol–water partition coefficient (Wildman–Crippen LogP) is 4.83. The van der Waals surface area contributed by atoms with Gasteiger partial charge in [0.25, 0.3) is 0 Å². The summed E-state index contributed by atoms with van der Waals surface area (Å²) in [7, 11) is 0. The number of hydrogen-bond donors (Lipinski definition) is 0. The fourth-order valence-electron chi connectivity index (χ4n) is 2.65. The fourth-order valence-corrected chi connectivity index (χ4v) is 2.65. The van der Waals surface area contributed by atoms with E-state index in [1.54, 1.807) is 0 Å². The SMILES string of the molecule is [C-]#[N+]c1ccc(-c2ccc(OCCCCC3OCCO3)cc2)cc1. The van der Waals surface area contributed by atoms with Crippen LogP contribution in [0.1, 0.15) is 19.3 Å². The van der Waals surface area contributed by atoms with E-state index in [9.17, 15) is 0 Å². The zero-order valence-electron chi connectivity index (χ0n) is 13.6. The lowest BCUT2D eigenvalue weighted by Gasteiger charge is -2.10. The molecule has 1 saturated heterocycles. The van der Waals surface area contributed by atoms with Crippen LogP contribution >= 0.6 is 0 Å². The molecule has 124 valence electrons. The molecule has 0 amide bonds. The minimum Gasteiger partial charge on any atom is -0.494 e. The molecule has 24 heavy (non-hydrogen) atoms. The molecule has 1 aliphatic heterocycles. The van der Waals surface area contributed by atoms with E-state index in [1.165, 1.54) is 0 Å². The number of unbranched alkanes of at least 4 members (excludes halogenated alkanes) is 1. The molecular formula is C20H21NO3. The Morgan fingerprint density at radius 2 is 1.54 bits per heavy atom. The van der Waals surface area contributed by atoms with Crippen molar-refractivity contribution in [1.82, 2.24) is 0 Å². The van der Waals surface area contributed by atoms with Crippen LogP contribution < -0.4 is 4.74 Å². The highest BCUT2D eigenvalue weighted by molar-refractivity contribution is 5.66. The third kappa shape index (κ3) is 4.58. The lowest BCUT2D eigenvalue weighted by atomic mass is 10.1. The molecule has 0 unspecified atom stereocenters. The number of benzene rings is 2. The summed E-state index contributed by atoms with van der Waals surface area (Å²) in [5.41, 5.74) is 2.88. The van der Waals surface area contributed by atoms with Gasteiger partial charge in [-0.2, -0.15) is 0 Å². The Kier molecular flexibility index (Phi) is 5.84. The largest absolute Gasteiger partial charge is 0.494 e. The monoisotopic (exact) mass is 323 g/mol. The van der Waals surface area contributed by atoms with Crippen molar-refractivity contribution in [1.29, 1.82) is 0 Å². The summed E-state index contributed by atoms with van der Waals surface area (Å²) in [5, 5.41) is 0. The molecule has 0 N–H and O–H groups in total. The Morgan fingerprint density at radius 1 is 0.917 bits per heavy atom. The zero-order chi connectivity index (χ0) is 16.6. The number of nitrogens with zero attached hydrogens (tertiary/aromatic N) is 1. The average molecular weight is 323 g/mol. The maximum atomic E-state index is 6.98. The zero-order valence-corrected chi connectivity index (χ0v) is 13.6. The lowest BCUT2D eigenvalue weighted by Crippen LogP contribution is -2.08. The first-order chi connectivity index (χ1) is 11.8. The van der Waals surface area contributed by atoms with Crippen molar-refractivity contribution in [3.05, 3.63) is 59.9 Å². The van der Waals surface area contributed by atoms with E-state index in [0.29, 0.717) is 25.5 Å². The van der Waals surface area contributed by atoms with E-state index >= 15 is 0 Å². The molecular weight excluding hydrogens is 302 g/mol. The molecule has 0 spiro atoms. The van der Waals surface area contributed by atoms with Gasteiger partial charge in [-0.15, -0.1) is 0 Å². The van der Waals surface area contributed by atoms with Crippen LogP contribution in [0.15, 0.2) is 48.5 Å². The molecule has 0 aliphatic carbocycles. The molecule has 2 aromatic carbocycles. The van der Waals surface area contributed by atoms with Crippen LogP contribution in [0.4, 0.5) is 5.69 Å². The Morgan fingerprint density at radius 3 is 2.17 bits per heavy atom. The molecule has 0 bridgehead atoms. The Balaban J connectivity index is 1.43. The number of ether oxygens (including phenoxy) is 3. The van der Waals surface area contributed by atoms with E-state index < -0.39 is 0 Å². The normalized spacial score (nSPS) is 14.5. The van der Waals surface area contributed by atoms with Gasteiger partial charge in [0.05, 0.1) is 26.4 Å². The smallest absolute Gasteiger partial charge is 0.187 e. The van der Waals surface area contributed by atoms with Gasteiger partial charge >= 0.3 is 0 Å². The molecule has 0 radical (unpaired) electrons. The molecule has 1 heterocycles. The molecule has 3 rings (SSSR count). The Labute approximate surface area is 142 Å². The fraction of sp³-hybridized carbons (Fsp3) is 0.350. The van der Waals surface area contributed by atoms with Gasteiger partial charge in [0.1, 0.15) is 5.75 Å². The van der Waals surface area contributed by atoms with Gasteiger partial charge in [0.15, 0.2) is 12.0 Å². The van der Waals surface area contributed by atoms with Crippen LogP contribution in [0.3, 0.4) is 0 Å². The quantitative estimate of drug-likeness (QED) is 0.540. The molecule has 4 nitrogen and oxygen atoms in total. The molecule has 4 heteroatoms. The van der Waals surface area contributed by atoms with Crippen LogP contribution in [0, 0.1) is 6.57 Å². The van der Waals surface area contributed by atoms with Crippen molar-refractivity contribution >= 4 is 5.69 Å². The van der Waals surface area contributed by atoms with Crippen molar-refractivity contribution < 1.29 is 14.2 Å². The molecule has 0 saturated carbocycles. The van der Waals surface area contributed by atoms with E-state index in [0.717, 1.165) is 36.1 Å². The van der Waals surface area contributed by atoms with E-state index in [1.807, 2.05) is 48.5 Å². The molecule has 1 aliphatic rings. The summed E-state index contributed by atoms with van der Waals surface area (Å²) < 4.78 is 16.6. The first-order valence-electron chi connectivity index (χ1n) is 8.29. The number of rotatable bonds is 7. The van der Waals surface area contributed by atoms with Gasteiger partial charge in [0, 0.05) is 0 Å². The maximum Gasteiger partial charge on any atom is 0.187 e. The first-order valence-corrected chi connectivity index (χ1v) is 8.29. The van der Waals surface area contributed by atoms with Gasteiger partial charge in [-0.1, -0.05) is 36.4 Å². The summed E-state index contributed by atoms with van der Waals surface area (Å²) >= 11 is 0. The van der Waals surface area contributed by atoms with Gasteiger partial charge in [-0.25, -0.2) is 4.85 Å². The first kappa shape index (κ1) is 16.5. The second-order valence-electron chi connectivity index (χ2n) is 5.70. The van der Waals surface area contributed by atoms with E-state index in [-0.39, 0.29) is 6.29 Å². The Hall–Kier alpha value is -2.35. The second-order valence-corrected chi connectivity index (χ2v) is 5.70. The van der Waals surface area contributed by atoms with Crippen molar-refractivity contribution in [3.8, 4) is 16.9 Å². The van der Waals surface area contributed by atoms with Crippen molar-refractivity contribution in [2.45, 2.75) is 25.6 Å². The highest BCUT2D eigenvalue weighted by Gasteiger charge is 2.14. The van der Waals surface area contributed by atoms with Crippen molar-refractivity contribution in [2.75, 3.05) is 19.8 Å². The van der Waals surface area contributed by atoms with Gasteiger partial charge in [-0.3, -0.25) is 0 Å². The van der Waals surface area contributed by atoms with Crippen LogP contribution in [0.2, 0.25) is 0 Å². The maximum absolute atomic E-state index is 6.98. The number of hydrogen-bond acceptors (Lipinski definition) is 3. The second kappa shape index (κ2) is 8.49. The van der Waals surface area contributed by atoms with Crippen molar-refractivity contribution in [3.63, 3.8) is 0 Å². The summed E-state index contributed by atoms with van der Waals surface area (Å²) in [6.45, 7) is 9.12. The minimum absolute atomic E-state index is 0.0153. The third-order valence-electron chi connectivity index (χ3n) is 3.98. The molecule has 0 atom stereocenters. The van der Waals surface area contributed by atoms with Crippen LogP contribution in [0.25, 0.3) is 16.0 Å². The van der Waals surface area contributed by atoms with Gasteiger partial charge in [-0.05, 0) is 42.5 Å². The summed E-state index contributed by atoms with van der Waals surface area (Å²) in [4.78, 5) is 3.41. The third-order valence-corrected chi connectivity index (χ3v) is 3.98. The van der Waals surface area contributed by atoms with Gasteiger partial charge < -0.3 is 14.2 Å². The van der Waals surface area contributed by atoms with Crippen molar-refractivity contribution in [2.24, 2.45) is 0 Å². The summed E-state index contributed by atoms with van der Waals surface area (Å²) in [6.07, 6.45) is 2.95. The van der Waals surface area contributed by atoms with Crippen LogP contribution in [0.5, 0.6) is 5.75 Å². The molecule has 0 aromatic heterocycles. The summed E-state index contributed by atoms with van der Waals surface area (Å²) in [6, 6.07) is 15.7. The topological polar surface area (TPSA) is 32.0 Å².